The molecule has 3 nitrogen and oxygen atoms in total. The maximum atomic E-state index is 12.8. The number of nitrogens with zero attached hydrogens (tertiary/aromatic N) is 1. The Labute approximate surface area is 177 Å². The minimum absolute atomic E-state index is 0.0341. The molecule has 1 heterocycles. The van der Waals surface area contributed by atoms with Crippen molar-refractivity contribution in [1.29, 1.82) is 0 Å². The van der Waals surface area contributed by atoms with Gasteiger partial charge in [0.15, 0.2) is 0 Å². The highest BCUT2D eigenvalue weighted by Crippen LogP contribution is 2.35. The minimum Gasteiger partial charge on any atom is -0.353 e. The Morgan fingerprint density at radius 3 is 2.30 bits per heavy atom. The van der Waals surface area contributed by atoms with Crippen molar-refractivity contribution in [2.45, 2.75) is 37.8 Å². The number of carbonyl (C=O) groups excluding carboxylic acids is 1. The number of hydrogen-bond donors (Lipinski definition) is 1. The molecule has 150 valence electrons. The molecule has 1 aromatic heterocycles. The Morgan fingerprint density at radius 2 is 1.57 bits per heavy atom. The van der Waals surface area contributed by atoms with Crippen molar-refractivity contribution in [3.63, 3.8) is 0 Å². The van der Waals surface area contributed by atoms with Crippen LogP contribution in [0.15, 0.2) is 91.1 Å². The molecule has 1 amide bonds. The first-order valence-corrected chi connectivity index (χ1v) is 10.7. The summed E-state index contributed by atoms with van der Waals surface area (Å²) in [6.07, 6.45) is 4.94. The molecule has 30 heavy (non-hydrogen) atoms. The molecule has 1 N–H and O–H groups in total. The fourth-order valence-corrected chi connectivity index (χ4v) is 4.26. The van der Waals surface area contributed by atoms with Crippen LogP contribution in [-0.4, -0.2) is 16.5 Å². The van der Waals surface area contributed by atoms with Crippen LogP contribution >= 0.6 is 0 Å². The van der Waals surface area contributed by atoms with Gasteiger partial charge < -0.3 is 9.88 Å². The normalized spacial score (nSPS) is 14.5. The Hall–Kier alpha value is -3.33. The lowest BCUT2D eigenvalue weighted by Gasteiger charge is -2.17. The highest BCUT2D eigenvalue weighted by atomic mass is 16.1. The van der Waals surface area contributed by atoms with Crippen molar-refractivity contribution >= 4 is 16.8 Å². The molecule has 1 fully saturated rings. The second-order valence-electron chi connectivity index (χ2n) is 8.22. The average Bonchev–Trinajstić information content (AvgIpc) is 3.53. The van der Waals surface area contributed by atoms with Gasteiger partial charge in [-0.25, -0.2) is 0 Å². The lowest BCUT2D eigenvalue weighted by atomic mass is 9.88. The molecular weight excluding hydrogens is 368 g/mol. The minimum atomic E-state index is 0.0341. The Bertz CT molecular complexity index is 1140. The molecule has 3 heteroatoms. The molecule has 0 spiro atoms. The van der Waals surface area contributed by atoms with Crippen LogP contribution in [0.1, 0.15) is 41.9 Å². The van der Waals surface area contributed by atoms with Gasteiger partial charge in [-0.15, -0.1) is 0 Å². The predicted molar refractivity (Wildman–Crippen MR) is 122 cm³/mol. The first kappa shape index (κ1) is 18.7. The number of fused-ring (bicyclic) bond motifs is 1. The fraction of sp³-hybridized carbons (Fsp3) is 0.222. The molecule has 1 saturated carbocycles. The van der Waals surface area contributed by atoms with E-state index >= 15 is 0 Å². The number of para-hydroxylation sites is 1. The summed E-state index contributed by atoms with van der Waals surface area (Å²) in [5.41, 5.74) is 4.89. The van der Waals surface area contributed by atoms with E-state index in [1.54, 1.807) is 0 Å². The van der Waals surface area contributed by atoms with Gasteiger partial charge in [0, 0.05) is 42.0 Å². The van der Waals surface area contributed by atoms with Crippen molar-refractivity contribution in [3.8, 4) is 0 Å². The van der Waals surface area contributed by atoms with Gasteiger partial charge in [0.05, 0.1) is 0 Å². The van der Waals surface area contributed by atoms with E-state index in [-0.39, 0.29) is 11.8 Å². The highest BCUT2D eigenvalue weighted by molar-refractivity contribution is 5.87. The van der Waals surface area contributed by atoms with Gasteiger partial charge in [0.2, 0.25) is 5.91 Å². The molecule has 0 saturated heterocycles. The third kappa shape index (κ3) is 4.02. The maximum absolute atomic E-state index is 12.8. The summed E-state index contributed by atoms with van der Waals surface area (Å²) in [4.78, 5) is 12.8. The molecule has 3 aromatic carbocycles. The zero-order valence-electron chi connectivity index (χ0n) is 17.0. The number of rotatable bonds is 7. The molecule has 0 aliphatic heterocycles. The molecule has 4 aromatic rings. The van der Waals surface area contributed by atoms with E-state index in [2.05, 4.69) is 88.9 Å². The third-order valence-corrected chi connectivity index (χ3v) is 5.92. The van der Waals surface area contributed by atoms with Gasteiger partial charge in [0.25, 0.3) is 0 Å². The zero-order chi connectivity index (χ0) is 20.3. The Kier molecular flexibility index (Phi) is 5.10. The van der Waals surface area contributed by atoms with E-state index in [9.17, 15) is 4.79 Å². The quantitative estimate of drug-likeness (QED) is 0.442. The van der Waals surface area contributed by atoms with Crippen LogP contribution in [0.25, 0.3) is 10.9 Å². The highest BCUT2D eigenvalue weighted by Gasteiger charge is 2.27. The molecule has 0 radical (unpaired) electrons. The maximum Gasteiger partial charge on any atom is 0.221 e. The smallest absolute Gasteiger partial charge is 0.221 e. The number of amides is 1. The molecule has 1 aliphatic carbocycles. The summed E-state index contributed by atoms with van der Waals surface area (Å²) < 4.78 is 2.31. The summed E-state index contributed by atoms with van der Waals surface area (Å²) in [5.74, 6) is 0.179. The van der Waals surface area contributed by atoms with Crippen LogP contribution in [0.3, 0.4) is 0 Å². The number of aromatic nitrogens is 1. The summed E-state index contributed by atoms with van der Waals surface area (Å²) in [5, 5.41) is 4.40. The zero-order valence-corrected chi connectivity index (χ0v) is 17.0. The number of benzene rings is 3. The van der Waals surface area contributed by atoms with Crippen molar-refractivity contribution in [2.75, 3.05) is 0 Å². The Balaban J connectivity index is 1.56. The van der Waals surface area contributed by atoms with E-state index in [4.69, 9.17) is 0 Å². The fourth-order valence-electron chi connectivity index (χ4n) is 4.26. The topological polar surface area (TPSA) is 34.0 Å². The van der Waals surface area contributed by atoms with Crippen LogP contribution in [-0.2, 0) is 11.3 Å². The van der Waals surface area contributed by atoms with Gasteiger partial charge in [-0.3, -0.25) is 4.79 Å². The summed E-state index contributed by atoms with van der Waals surface area (Å²) in [6.45, 7) is 0.817. The van der Waals surface area contributed by atoms with Gasteiger partial charge in [0.1, 0.15) is 0 Å². The molecule has 1 unspecified atom stereocenters. The second kappa shape index (κ2) is 8.19. The lowest BCUT2D eigenvalue weighted by molar-refractivity contribution is -0.121. The molecule has 5 rings (SSSR count). The van der Waals surface area contributed by atoms with Gasteiger partial charge in [-0.2, -0.15) is 0 Å². The summed E-state index contributed by atoms with van der Waals surface area (Å²) in [7, 11) is 0. The SMILES string of the molecule is O=C(CC(c1ccccc1)c1cn(Cc2ccccc2)c2ccccc12)NC1CC1. The van der Waals surface area contributed by atoms with Crippen molar-refractivity contribution in [3.05, 3.63) is 108 Å². The molecule has 1 atom stereocenters. The van der Waals surface area contributed by atoms with Crippen molar-refractivity contribution < 1.29 is 4.79 Å². The first-order chi connectivity index (χ1) is 14.8. The van der Waals surface area contributed by atoms with Crippen LogP contribution in [0.5, 0.6) is 0 Å². The average molecular weight is 395 g/mol. The molecule has 0 bridgehead atoms. The van der Waals surface area contributed by atoms with Crippen LogP contribution in [0.2, 0.25) is 0 Å². The van der Waals surface area contributed by atoms with Crippen LogP contribution in [0, 0.1) is 0 Å². The van der Waals surface area contributed by atoms with E-state index in [0.717, 1.165) is 19.4 Å². The summed E-state index contributed by atoms with van der Waals surface area (Å²) >= 11 is 0. The van der Waals surface area contributed by atoms with Gasteiger partial charge >= 0.3 is 0 Å². The standard InChI is InChI=1S/C27H26N2O/c30-27(28-22-15-16-22)17-24(21-11-5-2-6-12-21)25-19-29(18-20-9-3-1-4-10-20)26-14-8-7-13-23(25)26/h1-14,19,22,24H,15-18H2,(H,28,30). The lowest BCUT2D eigenvalue weighted by Crippen LogP contribution is -2.27. The van der Waals surface area contributed by atoms with E-state index < -0.39 is 0 Å². The number of hydrogen-bond acceptors (Lipinski definition) is 1. The van der Waals surface area contributed by atoms with Crippen LogP contribution < -0.4 is 5.32 Å². The van der Waals surface area contributed by atoms with Gasteiger partial charge in [-0.05, 0) is 35.6 Å². The monoisotopic (exact) mass is 394 g/mol. The van der Waals surface area contributed by atoms with E-state index in [1.807, 2.05) is 12.1 Å². The molecular formula is C27H26N2O. The Morgan fingerprint density at radius 1 is 0.900 bits per heavy atom. The van der Waals surface area contributed by atoms with E-state index in [1.165, 1.54) is 27.6 Å². The van der Waals surface area contributed by atoms with Gasteiger partial charge in [-0.1, -0.05) is 78.9 Å². The predicted octanol–water partition coefficient (Wildman–Crippen LogP) is 5.49. The van der Waals surface area contributed by atoms with Crippen molar-refractivity contribution in [1.82, 2.24) is 9.88 Å². The second-order valence-corrected chi connectivity index (χ2v) is 8.22. The molecule has 1 aliphatic rings. The van der Waals surface area contributed by atoms with Crippen LogP contribution in [0.4, 0.5) is 0 Å². The summed E-state index contributed by atoms with van der Waals surface area (Å²) in [6, 6.07) is 29.9. The first-order valence-electron chi connectivity index (χ1n) is 10.7. The number of nitrogens with one attached hydrogen (secondary N) is 1. The number of carbonyl (C=O) groups is 1. The van der Waals surface area contributed by atoms with E-state index in [0.29, 0.717) is 12.5 Å². The largest absolute Gasteiger partial charge is 0.353 e. The third-order valence-electron chi connectivity index (χ3n) is 5.92. The van der Waals surface area contributed by atoms with Crippen molar-refractivity contribution in [2.24, 2.45) is 0 Å².